The first-order valence-electron chi connectivity index (χ1n) is 7.72. The summed E-state index contributed by atoms with van der Waals surface area (Å²) < 4.78 is 0. The van der Waals surface area contributed by atoms with Crippen LogP contribution in [0.2, 0.25) is 0 Å². The van der Waals surface area contributed by atoms with Crippen molar-refractivity contribution < 1.29 is 10.0 Å². The number of nitro benzene ring substituents is 1. The molecule has 1 N–H and O–H groups in total. The van der Waals surface area contributed by atoms with Crippen LogP contribution in [0.3, 0.4) is 0 Å². The number of nitrogens with zero attached hydrogens (tertiary/aromatic N) is 2. The minimum Gasteiger partial charge on any atom is -0.389 e. The highest BCUT2D eigenvalue weighted by molar-refractivity contribution is 5.55. The number of aliphatic hydroxyl groups is 1. The number of hydrogen-bond acceptors (Lipinski definition) is 4. The Morgan fingerprint density at radius 1 is 1.38 bits per heavy atom. The van der Waals surface area contributed by atoms with Gasteiger partial charge in [-0.2, -0.15) is 0 Å². The van der Waals surface area contributed by atoms with Gasteiger partial charge in [0, 0.05) is 36.3 Å². The van der Waals surface area contributed by atoms with Gasteiger partial charge >= 0.3 is 0 Å². The fourth-order valence-electron chi connectivity index (χ4n) is 3.85. The Bertz CT molecular complexity index is 560. The van der Waals surface area contributed by atoms with Gasteiger partial charge in [-0.05, 0) is 38.3 Å². The van der Waals surface area contributed by atoms with E-state index in [1.54, 1.807) is 13.0 Å². The van der Waals surface area contributed by atoms with Gasteiger partial charge in [0.25, 0.3) is 5.69 Å². The molecule has 0 bridgehead atoms. The molecule has 2 unspecified atom stereocenters. The third-order valence-electron chi connectivity index (χ3n) is 5.17. The van der Waals surface area contributed by atoms with Crippen LogP contribution in [0.4, 0.5) is 11.4 Å². The summed E-state index contributed by atoms with van der Waals surface area (Å²) in [7, 11) is 0. The zero-order valence-corrected chi connectivity index (χ0v) is 12.4. The van der Waals surface area contributed by atoms with Crippen molar-refractivity contribution in [3.8, 4) is 0 Å². The highest BCUT2D eigenvalue weighted by Crippen LogP contribution is 2.41. The molecule has 2 atom stereocenters. The van der Waals surface area contributed by atoms with Gasteiger partial charge in [0.15, 0.2) is 0 Å². The van der Waals surface area contributed by atoms with Crippen LogP contribution in [0.5, 0.6) is 0 Å². The monoisotopic (exact) mass is 290 g/mol. The van der Waals surface area contributed by atoms with Gasteiger partial charge in [0.2, 0.25) is 0 Å². The molecule has 1 aliphatic carbocycles. The minimum absolute atomic E-state index is 0.171. The predicted molar refractivity (Wildman–Crippen MR) is 81.6 cm³/mol. The first-order valence-corrected chi connectivity index (χ1v) is 7.72. The number of rotatable bonds is 2. The number of fused-ring (bicyclic) bond motifs is 1. The van der Waals surface area contributed by atoms with Crippen molar-refractivity contribution in [3.05, 3.63) is 33.9 Å². The van der Waals surface area contributed by atoms with Crippen LogP contribution in [0.15, 0.2) is 18.2 Å². The van der Waals surface area contributed by atoms with E-state index >= 15 is 0 Å². The summed E-state index contributed by atoms with van der Waals surface area (Å²) in [6.45, 7) is 3.46. The van der Waals surface area contributed by atoms with E-state index in [0.29, 0.717) is 11.5 Å². The molecule has 1 aromatic rings. The fourth-order valence-corrected chi connectivity index (χ4v) is 3.85. The normalized spacial score (nSPS) is 29.0. The molecule has 0 amide bonds. The van der Waals surface area contributed by atoms with Crippen LogP contribution in [0.1, 0.15) is 37.7 Å². The molecule has 0 spiro atoms. The summed E-state index contributed by atoms with van der Waals surface area (Å²) in [5.41, 5.74) is 1.42. The van der Waals surface area contributed by atoms with E-state index in [2.05, 4.69) is 4.90 Å². The average Bonchev–Trinajstić information content (AvgIpc) is 2.45. The largest absolute Gasteiger partial charge is 0.389 e. The number of aryl methyl sites for hydroxylation is 1. The highest BCUT2D eigenvalue weighted by atomic mass is 16.6. The third kappa shape index (κ3) is 2.62. The van der Waals surface area contributed by atoms with Crippen molar-refractivity contribution in [3.63, 3.8) is 0 Å². The first kappa shape index (κ1) is 14.3. The van der Waals surface area contributed by atoms with Crippen LogP contribution in [-0.4, -0.2) is 28.7 Å². The molecule has 1 saturated heterocycles. The summed E-state index contributed by atoms with van der Waals surface area (Å²) in [6.07, 6.45) is 5.13. The van der Waals surface area contributed by atoms with E-state index in [4.69, 9.17) is 0 Å². The molecule has 0 radical (unpaired) electrons. The highest BCUT2D eigenvalue weighted by Gasteiger charge is 2.42. The van der Waals surface area contributed by atoms with E-state index in [1.165, 1.54) is 6.42 Å². The topological polar surface area (TPSA) is 66.6 Å². The average molecular weight is 290 g/mol. The SMILES string of the molecule is Cc1cc(N2CCC3(O)CCCCC3C2)ccc1[N+](=O)[O-]. The van der Waals surface area contributed by atoms with Crippen molar-refractivity contribution in [2.45, 2.75) is 44.6 Å². The quantitative estimate of drug-likeness (QED) is 0.671. The van der Waals surface area contributed by atoms with E-state index < -0.39 is 5.60 Å². The van der Waals surface area contributed by atoms with Gasteiger partial charge < -0.3 is 10.0 Å². The van der Waals surface area contributed by atoms with Gasteiger partial charge in [0.05, 0.1) is 10.5 Å². The summed E-state index contributed by atoms with van der Waals surface area (Å²) >= 11 is 0. The lowest BCUT2D eigenvalue weighted by Gasteiger charge is -2.48. The second-order valence-electron chi connectivity index (χ2n) is 6.47. The smallest absolute Gasteiger partial charge is 0.272 e. The maximum atomic E-state index is 10.9. The van der Waals surface area contributed by atoms with Crippen molar-refractivity contribution in [1.29, 1.82) is 0 Å². The molecule has 5 nitrogen and oxygen atoms in total. The maximum Gasteiger partial charge on any atom is 0.272 e. The zero-order chi connectivity index (χ0) is 15.0. The Morgan fingerprint density at radius 2 is 2.19 bits per heavy atom. The van der Waals surface area contributed by atoms with Crippen molar-refractivity contribution >= 4 is 11.4 Å². The maximum absolute atomic E-state index is 10.9. The molecule has 3 rings (SSSR count). The number of nitro groups is 1. The molecule has 1 aliphatic heterocycles. The van der Waals surface area contributed by atoms with E-state index in [9.17, 15) is 15.2 Å². The number of benzene rings is 1. The van der Waals surface area contributed by atoms with E-state index in [0.717, 1.165) is 44.5 Å². The number of hydrogen-bond donors (Lipinski definition) is 1. The Morgan fingerprint density at radius 3 is 2.90 bits per heavy atom. The second kappa shape index (κ2) is 5.30. The first-order chi connectivity index (χ1) is 9.99. The fraction of sp³-hybridized carbons (Fsp3) is 0.625. The molecule has 2 aliphatic rings. The summed E-state index contributed by atoms with van der Waals surface area (Å²) in [5.74, 6) is 0.329. The molecule has 1 saturated carbocycles. The lowest BCUT2D eigenvalue weighted by molar-refractivity contribution is -0.385. The van der Waals surface area contributed by atoms with Gasteiger partial charge in [-0.1, -0.05) is 12.8 Å². The standard InChI is InChI=1S/C16H22N2O3/c1-12-10-14(5-6-15(12)18(20)21)17-9-8-16(19)7-3-2-4-13(16)11-17/h5-6,10,13,19H,2-4,7-9,11H2,1H3. The molecule has 21 heavy (non-hydrogen) atoms. The molecule has 1 aromatic carbocycles. The summed E-state index contributed by atoms with van der Waals surface area (Å²) in [6, 6.07) is 5.32. The molecular formula is C16H22N2O3. The van der Waals surface area contributed by atoms with E-state index in [1.807, 2.05) is 12.1 Å². The molecular weight excluding hydrogens is 268 g/mol. The Balaban J connectivity index is 1.79. The summed E-state index contributed by atoms with van der Waals surface area (Å²) in [4.78, 5) is 12.8. The van der Waals surface area contributed by atoms with Crippen molar-refractivity contribution in [2.75, 3.05) is 18.0 Å². The van der Waals surface area contributed by atoms with Gasteiger partial charge in [0.1, 0.15) is 0 Å². The molecule has 1 heterocycles. The van der Waals surface area contributed by atoms with Crippen LogP contribution in [-0.2, 0) is 0 Å². The molecule has 2 fully saturated rings. The molecule has 0 aromatic heterocycles. The Kier molecular flexibility index (Phi) is 3.61. The molecule has 5 heteroatoms. The lowest BCUT2D eigenvalue weighted by Crippen LogP contribution is -2.53. The Labute approximate surface area is 124 Å². The number of piperidine rings is 1. The Hall–Kier alpha value is -1.62. The minimum atomic E-state index is -0.482. The van der Waals surface area contributed by atoms with Crippen LogP contribution >= 0.6 is 0 Å². The lowest BCUT2D eigenvalue weighted by atomic mass is 9.71. The summed E-state index contributed by atoms with van der Waals surface area (Å²) in [5, 5.41) is 21.6. The third-order valence-corrected chi connectivity index (χ3v) is 5.17. The van der Waals surface area contributed by atoms with Gasteiger partial charge in [-0.25, -0.2) is 0 Å². The van der Waals surface area contributed by atoms with Gasteiger partial charge in [-0.15, -0.1) is 0 Å². The van der Waals surface area contributed by atoms with Crippen molar-refractivity contribution in [1.82, 2.24) is 0 Å². The van der Waals surface area contributed by atoms with Crippen LogP contribution in [0.25, 0.3) is 0 Å². The van der Waals surface area contributed by atoms with Crippen molar-refractivity contribution in [2.24, 2.45) is 5.92 Å². The second-order valence-corrected chi connectivity index (χ2v) is 6.47. The predicted octanol–water partition coefficient (Wildman–Crippen LogP) is 3.03. The van der Waals surface area contributed by atoms with Gasteiger partial charge in [-0.3, -0.25) is 10.1 Å². The zero-order valence-electron chi connectivity index (χ0n) is 12.4. The van der Waals surface area contributed by atoms with Crippen LogP contribution in [0, 0.1) is 23.0 Å². The number of anilines is 1. The van der Waals surface area contributed by atoms with Crippen LogP contribution < -0.4 is 4.90 Å². The molecule has 114 valence electrons. The van der Waals surface area contributed by atoms with E-state index in [-0.39, 0.29) is 10.6 Å².